The summed E-state index contributed by atoms with van der Waals surface area (Å²) < 4.78 is 32.7. The Bertz CT molecular complexity index is 1240. The van der Waals surface area contributed by atoms with Crippen molar-refractivity contribution in [2.45, 2.75) is 6.04 Å². The second-order valence-corrected chi connectivity index (χ2v) is 7.90. The average Bonchev–Trinajstić information content (AvgIpc) is 3.05. The molecular weight excluding hydrogens is 484 g/mol. The Morgan fingerprint density at radius 2 is 1.56 bits per heavy atom. The number of nitrogens with zero attached hydrogens (tertiary/aromatic N) is 1. The molecule has 3 aromatic carbocycles. The van der Waals surface area contributed by atoms with E-state index in [0.717, 1.165) is 12.1 Å². The number of ketones is 1. The van der Waals surface area contributed by atoms with Crippen LogP contribution in [0.15, 0.2) is 76.8 Å². The molecule has 1 aliphatic heterocycles. The van der Waals surface area contributed by atoms with Gasteiger partial charge in [-0.1, -0.05) is 12.1 Å². The molecule has 1 atom stereocenters. The van der Waals surface area contributed by atoms with Gasteiger partial charge in [0.05, 0.1) is 23.2 Å². The van der Waals surface area contributed by atoms with E-state index < -0.39 is 35.1 Å². The van der Waals surface area contributed by atoms with Gasteiger partial charge in [0.15, 0.2) is 0 Å². The van der Waals surface area contributed by atoms with Crippen molar-refractivity contribution >= 4 is 39.1 Å². The molecule has 1 heterocycles. The molecule has 1 amide bonds. The first-order valence-electron chi connectivity index (χ1n) is 9.47. The lowest BCUT2D eigenvalue weighted by atomic mass is 9.95. The third kappa shape index (κ3) is 3.78. The number of methoxy groups -OCH3 is 1. The van der Waals surface area contributed by atoms with Crippen LogP contribution in [0.1, 0.15) is 17.2 Å². The molecule has 8 heteroatoms. The van der Waals surface area contributed by atoms with Crippen molar-refractivity contribution in [3.8, 4) is 5.75 Å². The minimum Gasteiger partial charge on any atom is -0.507 e. The fraction of sp³-hybridized carbons (Fsp3) is 0.0833. The van der Waals surface area contributed by atoms with E-state index >= 15 is 0 Å². The normalized spacial score (nSPS) is 17.6. The van der Waals surface area contributed by atoms with Gasteiger partial charge in [-0.25, -0.2) is 8.78 Å². The van der Waals surface area contributed by atoms with Gasteiger partial charge >= 0.3 is 0 Å². The largest absolute Gasteiger partial charge is 0.507 e. The van der Waals surface area contributed by atoms with E-state index in [9.17, 15) is 23.5 Å². The van der Waals surface area contributed by atoms with Gasteiger partial charge in [0.25, 0.3) is 11.7 Å². The summed E-state index contributed by atoms with van der Waals surface area (Å²) in [6, 6.07) is 14.0. The van der Waals surface area contributed by atoms with E-state index in [4.69, 9.17) is 4.74 Å². The van der Waals surface area contributed by atoms with Gasteiger partial charge in [0.2, 0.25) is 0 Å². The minimum atomic E-state index is -1.04. The van der Waals surface area contributed by atoms with E-state index in [1.807, 2.05) is 0 Å². The number of ether oxygens (including phenoxy) is 1. The molecular formula is C24H16BrF2NO4. The van der Waals surface area contributed by atoms with E-state index in [1.54, 1.807) is 18.2 Å². The van der Waals surface area contributed by atoms with Crippen LogP contribution in [0, 0.1) is 11.6 Å². The lowest BCUT2D eigenvalue weighted by Crippen LogP contribution is -2.29. The first-order valence-corrected chi connectivity index (χ1v) is 10.3. The highest BCUT2D eigenvalue weighted by Gasteiger charge is 2.47. The average molecular weight is 500 g/mol. The maximum Gasteiger partial charge on any atom is 0.300 e. The highest BCUT2D eigenvalue weighted by Crippen LogP contribution is 2.42. The van der Waals surface area contributed by atoms with Gasteiger partial charge in [-0.2, -0.15) is 0 Å². The Morgan fingerprint density at radius 3 is 2.12 bits per heavy atom. The predicted molar refractivity (Wildman–Crippen MR) is 118 cm³/mol. The summed E-state index contributed by atoms with van der Waals surface area (Å²) in [5.74, 6) is -2.68. The van der Waals surface area contributed by atoms with Crippen molar-refractivity contribution in [1.29, 1.82) is 0 Å². The van der Waals surface area contributed by atoms with Crippen molar-refractivity contribution in [2.75, 3.05) is 12.0 Å². The summed E-state index contributed by atoms with van der Waals surface area (Å²) in [6.07, 6.45) is 0. The minimum absolute atomic E-state index is 0.164. The molecule has 162 valence electrons. The number of benzene rings is 3. The Balaban J connectivity index is 1.93. The maximum atomic E-state index is 13.6. The number of Topliss-reactive ketones (excluding diaryl/α,β-unsaturated/α-hetero) is 1. The summed E-state index contributed by atoms with van der Waals surface area (Å²) in [7, 11) is 1.49. The number of hydrogen-bond donors (Lipinski definition) is 1. The number of halogens is 3. The van der Waals surface area contributed by atoms with Gasteiger partial charge in [0.1, 0.15) is 23.1 Å². The lowest BCUT2D eigenvalue weighted by molar-refractivity contribution is -0.132. The molecule has 0 aromatic heterocycles. The Morgan fingerprint density at radius 1 is 0.969 bits per heavy atom. The fourth-order valence-corrected chi connectivity index (χ4v) is 4.17. The van der Waals surface area contributed by atoms with Gasteiger partial charge in [-0.05, 0) is 76.1 Å². The fourth-order valence-electron chi connectivity index (χ4n) is 3.63. The smallest absolute Gasteiger partial charge is 0.300 e. The number of anilines is 1. The molecule has 32 heavy (non-hydrogen) atoms. The molecule has 0 bridgehead atoms. The maximum absolute atomic E-state index is 13.6. The SMILES string of the molecule is COc1ccc(/C(O)=C2/C(=O)C(=O)N(c3ccc(F)cc3)C2c2ccc(F)cc2)cc1Br. The molecule has 0 radical (unpaired) electrons. The summed E-state index contributed by atoms with van der Waals surface area (Å²) in [5, 5.41) is 11.1. The summed E-state index contributed by atoms with van der Waals surface area (Å²) in [5.41, 5.74) is 0.784. The van der Waals surface area contributed by atoms with Crippen molar-refractivity contribution < 1.29 is 28.2 Å². The summed E-state index contributed by atoms with van der Waals surface area (Å²) in [6.45, 7) is 0. The first kappa shape index (κ1) is 21.7. The molecule has 0 saturated carbocycles. The van der Waals surface area contributed by atoms with Crippen LogP contribution < -0.4 is 9.64 Å². The second kappa shape index (κ2) is 8.55. The van der Waals surface area contributed by atoms with Crippen LogP contribution in [0.25, 0.3) is 5.76 Å². The van der Waals surface area contributed by atoms with Crippen LogP contribution in [-0.4, -0.2) is 23.9 Å². The first-order chi connectivity index (χ1) is 15.3. The molecule has 3 aromatic rings. The van der Waals surface area contributed by atoms with Crippen LogP contribution in [0.4, 0.5) is 14.5 Å². The number of carbonyl (C=O) groups is 2. The van der Waals surface area contributed by atoms with Gasteiger partial charge in [-0.3, -0.25) is 14.5 Å². The van der Waals surface area contributed by atoms with Crippen LogP contribution in [0.5, 0.6) is 5.75 Å². The van der Waals surface area contributed by atoms with Crippen molar-refractivity contribution in [3.05, 3.63) is 99.5 Å². The molecule has 0 aliphatic carbocycles. The third-order valence-electron chi connectivity index (χ3n) is 5.16. The summed E-state index contributed by atoms with van der Waals surface area (Å²) in [4.78, 5) is 27.2. The van der Waals surface area contributed by atoms with Crippen LogP contribution in [0.3, 0.4) is 0 Å². The highest BCUT2D eigenvalue weighted by atomic mass is 79.9. The van der Waals surface area contributed by atoms with Gasteiger partial charge in [-0.15, -0.1) is 0 Å². The monoisotopic (exact) mass is 499 g/mol. The quantitative estimate of drug-likeness (QED) is 0.298. The number of rotatable bonds is 4. The van der Waals surface area contributed by atoms with Crippen molar-refractivity contribution in [3.63, 3.8) is 0 Å². The van der Waals surface area contributed by atoms with E-state index in [1.165, 1.54) is 48.4 Å². The standard InChI is InChI=1S/C24H16BrF2NO4/c1-32-19-11-4-14(12-18(19)25)22(29)20-21(13-2-5-15(26)6-3-13)28(24(31)23(20)30)17-9-7-16(27)8-10-17/h2-12,21,29H,1H3/b22-20-. The summed E-state index contributed by atoms with van der Waals surface area (Å²) >= 11 is 3.34. The zero-order chi connectivity index (χ0) is 23.0. The number of aliphatic hydroxyl groups excluding tert-OH is 1. The van der Waals surface area contributed by atoms with E-state index in [0.29, 0.717) is 15.8 Å². The lowest BCUT2D eigenvalue weighted by Gasteiger charge is -2.25. The highest BCUT2D eigenvalue weighted by molar-refractivity contribution is 9.10. The topological polar surface area (TPSA) is 66.8 Å². The van der Waals surface area contributed by atoms with Crippen molar-refractivity contribution in [1.82, 2.24) is 0 Å². The molecule has 1 fully saturated rings. The molecule has 1 N–H and O–H groups in total. The molecule has 4 rings (SSSR count). The van der Waals surface area contributed by atoms with Gasteiger partial charge < -0.3 is 9.84 Å². The molecule has 5 nitrogen and oxygen atoms in total. The van der Waals surface area contributed by atoms with E-state index in [2.05, 4.69) is 15.9 Å². The Labute approximate surface area is 190 Å². The second-order valence-electron chi connectivity index (χ2n) is 7.05. The zero-order valence-corrected chi connectivity index (χ0v) is 18.3. The number of hydrogen-bond acceptors (Lipinski definition) is 4. The Kier molecular flexibility index (Phi) is 5.80. The van der Waals surface area contributed by atoms with Crippen LogP contribution in [-0.2, 0) is 9.59 Å². The van der Waals surface area contributed by atoms with Crippen LogP contribution in [0.2, 0.25) is 0 Å². The van der Waals surface area contributed by atoms with E-state index in [-0.39, 0.29) is 16.8 Å². The number of aliphatic hydroxyl groups is 1. The molecule has 1 unspecified atom stereocenters. The Hall–Kier alpha value is -3.52. The zero-order valence-electron chi connectivity index (χ0n) is 16.7. The number of amides is 1. The molecule has 0 spiro atoms. The molecule has 1 aliphatic rings. The third-order valence-corrected chi connectivity index (χ3v) is 5.78. The van der Waals surface area contributed by atoms with Gasteiger partial charge in [0, 0.05) is 11.3 Å². The van der Waals surface area contributed by atoms with Crippen molar-refractivity contribution in [2.24, 2.45) is 0 Å². The molecule has 1 saturated heterocycles. The predicted octanol–water partition coefficient (Wildman–Crippen LogP) is 5.36. The van der Waals surface area contributed by atoms with Crippen LogP contribution >= 0.6 is 15.9 Å². The number of carbonyl (C=O) groups excluding carboxylic acids is 2.